The number of aromatic nitrogens is 2. The van der Waals surface area contributed by atoms with Crippen molar-refractivity contribution in [3.63, 3.8) is 0 Å². The van der Waals surface area contributed by atoms with Crippen LogP contribution in [0.3, 0.4) is 0 Å². The van der Waals surface area contributed by atoms with Crippen LogP contribution in [0, 0.1) is 12.7 Å². The number of carbonyl (C=O) groups excluding carboxylic acids is 1. The van der Waals surface area contributed by atoms with Crippen molar-refractivity contribution >= 4 is 21.9 Å². The van der Waals surface area contributed by atoms with Gasteiger partial charge in [0.1, 0.15) is 10.3 Å². The molecule has 0 N–H and O–H groups in total. The van der Waals surface area contributed by atoms with Crippen LogP contribution in [0.2, 0.25) is 0 Å². The lowest BCUT2D eigenvalue weighted by atomic mass is 9.93. The fourth-order valence-corrected chi connectivity index (χ4v) is 4.89. The van der Waals surface area contributed by atoms with Crippen molar-refractivity contribution in [3.8, 4) is 0 Å². The van der Waals surface area contributed by atoms with Gasteiger partial charge in [-0.2, -0.15) is 13.2 Å². The number of unbranched alkanes of at least 4 members (excludes halogenated alkanes) is 1. The number of halogens is 5. The van der Waals surface area contributed by atoms with Crippen molar-refractivity contribution in [2.24, 2.45) is 0 Å². The molecule has 6 nitrogen and oxygen atoms in total. The van der Waals surface area contributed by atoms with Gasteiger partial charge in [-0.3, -0.25) is 18.7 Å². The van der Waals surface area contributed by atoms with Gasteiger partial charge in [0, 0.05) is 30.1 Å². The summed E-state index contributed by atoms with van der Waals surface area (Å²) in [6.07, 6.45) is -2.90. The van der Waals surface area contributed by atoms with E-state index in [1.165, 1.54) is 6.92 Å². The van der Waals surface area contributed by atoms with Gasteiger partial charge in [-0.25, -0.2) is 9.18 Å². The Labute approximate surface area is 231 Å². The maximum Gasteiger partial charge on any atom is 0.416 e. The predicted octanol–water partition coefficient (Wildman–Crippen LogP) is 6.19. The van der Waals surface area contributed by atoms with Crippen LogP contribution < -0.4 is 11.2 Å². The molecule has 0 spiro atoms. The van der Waals surface area contributed by atoms with Gasteiger partial charge in [-0.05, 0) is 60.3 Å². The van der Waals surface area contributed by atoms with E-state index in [1.54, 1.807) is 6.92 Å². The molecule has 0 aliphatic carbocycles. The van der Waals surface area contributed by atoms with Crippen LogP contribution in [0.4, 0.5) is 17.6 Å². The van der Waals surface area contributed by atoms with E-state index in [1.807, 2.05) is 30.3 Å². The standard InChI is InChI=1S/C28H29BrF4N2O4/c1-3-39-24(36)15-8-7-12-20(19-10-5-4-6-11-19)16-35-26(37)25(29)18(2)34(27(35)38)17-21-22(28(31,32)33)13-9-14-23(21)30/h4-6,9-11,13-14,20H,3,7-8,12,15-17H2,1-2H3/t20-/m0/s1. The van der Waals surface area contributed by atoms with Crippen molar-refractivity contribution < 1.29 is 27.1 Å². The van der Waals surface area contributed by atoms with Gasteiger partial charge in [-0.1, -0.05) is 42.8 Å². The molecule has 1 aromatic heterocycles. The van der Waals surface area contributed by atoms with Gasteiger partial charge < -0.3 is 4.74 Å². The molecule has 1 atom stereocenters. The second-order valence-electron chi connectivity index (χ2n) is 9.11. The topological polar surface area (TPSA) is 70.3 Å². The van der Waals surface area contributed by atoms with E-state index in [4.69, 9.17) is 4.74 Å². The Morgan fingerprint density at radius 3 is 2.36 bits per heavy atom. The SMILES string of the molecule is CCOC(=O)CCCC[C@@H](Cn1c(=O)c(Br)c(C)n(Cc2c(F)cccc2C(F)(F)F)c1=O)c1ccccc1. The van der Waals surface area contributed by atoms with E-state index in [0.717, 1.165) is 32.9 Å². The minimum Gasteiger partial charge on any atom is -0.466 e. The van der Waals surface area contributed by atoms with Crippen molar-refractivity contribution in [1.29, 1.82) is 0 Å². The lowest BCUT2D eigenvalue weighted by Gasteiger charge is -2.21. The van der Waals surface area contributed by atoms with E-state index in [0.29, 0.717) is 25.9 Å². The minimum absolute atomic E-state index is 0.00104. The van der Waals surface area contributed by atoms with Gasteiger partial charge in [0.25, 0.3) is 5.56 Å². The van der Waals surface area contributed by atoms with E-state index in [-0.39, 0.29) is 35.0 Å². The molecule has 0 aliphatic rings. The monoisotopic (exact) mass is 612 g/mol. The number of benzene rings is 2. The van der Waals surface area contributed by atoms with Crippen LogP contribution in [0.15, 0.2) is 62.6 Å². The zero-order valence-corrected chi connectivity index (χ0v) is 23.1. The highest BCUT2D eigenvalue weighted by Crippen LogP contribution is 2.33. The van der Waals surface area contributed by atoms with Crippen molar-refractivity contribution in [2.75, 3.05) is 6.61 Å². The summed E-state index contributed by atoms with van der Waals surface area (Å²) in [4.78, 5) is 38.4. The summed E-state index contributed by atoms with van der Waals surface area (Å²) in [5, 5.41) is 0. The van der Waals surface area contributed by atoms with Gasteiger partial charge in [0.05, 0.1) is 18.7 Å². The highest BCUT2D eigenvalue weighted by atomic mass is 79.9. The molecule has 2 aromatic carbocycles. The quantitative estimate of drug-likeness (QED) is 0.147. The molecule has 210 valence electrons. The fraction of sp³-hybridized carbons (Fsp3) is 0.393. The molecule has 3 aromatic rings. The van der Waals surface area contributed by atoms with Crippen LogP contribution in [0.5, 0.6) is 0 Å². The van der Waals surface area contributed by atoms with Crippen LogP contribution in [0.25, 0.3) is 0 Å². The Morgan fingerprint density at radius 2 is 1.72 bits per heavy atom. The summed E-state index contributed by atoms with van der Waals surface area (Å²) in [7, 11) is 0. The van der Waals surface area contributed by atoms with Gasteiger partial charge in [0.15, 0.2) is 0 Å². The molecular weight excluding hydrogens is 584 g/mol. The lowest BCUT2D eigenvalue weighted by Crippen LogP contribution is -2.43. The number of rotatable bonds is 11. The molecule has 0 radical (unpaired) electrons. The average Bonchev–Trinajstić information content (AvgIpc) is 2.90. The third-order valence-electron chi connectivity index (χ3n) is 6.52. The van der Waals surface area contributed by atoms with E-state index >= 15 is 0 Å². The maximum absolute atomic E-state index is 14.6. The van der Waals surface area contributed by atoms with E-state index in [9.17, 15) is 31.9 Å². The first-order valence-electron chi connectivity index (χ1n) is 12.5. The fourth-order valence-electron chi connectivity index (χ4n) is 4.46. The smallest absolute Gasteiger partial charge is 0.416 e. The van der Waals surface area contributed by atoms with Crippen LogP contribution in [0.1, 0.15) is 60.9 Å². The number of ether oxygens (including phenoxy) is 1. The van der Waals surface area contributed by atoms with Crippen LogP contribution in [-0.2, 0) is 28.8 Å². The number of nitrogens with zero attached hydrogens (tertiary/aromatic N) is 2. The van der Waals surface area contributed by atoms with Crippen molar-refractivity contribution in [1.82, 2.24) is 9.13 Å². The van der Waals surface area contributed by atoms with Gasteiger partial charge >= 0.3 is 17.8 Å². The molecule has 1 heterocycles. The normalized spacial score (nSPS) is 12.4. The number of esters is 1. The zero-order chi connectivity index (χ0) is 28.7. The minimum atomic E-state index is -4.83. The first-order chi connectivity index (χ1) is 18.5. The summed E-state index contributed by atoms with van der Waals surface area (Å²) in [5.41, 5.74) is -2.41. The molecule has 0 aliphatic heterocycles. The first-order valence-corrected chi connectivity index (χ1v) is 13.3. The van der Waals surface area contributed by atoms with Gasteiger partial charge in [0.2, 0.25) is 0 Å². The number of carbonyl (C=O) groups is 1. The first kappa shape index (κ1) is 30.3. The Kier molecular flexibility index (Phi) is 10.3. The van der Waals surface area contributed by atoms with Crippen LogP contribution in [-0.4, -0.2) is 21.7 Å². The molecule has 39 heavy (non-hydrogen) atoms. The van der Waals surface area contributed by atoms with E-state index in [2.05, 4.69) is 15.9 Å². The summed E-state index contributed by atoms with van der Waals surface area (Å²) >= 11 is 3.19. The second-order valence-corrected chi connectivity index (χ2v) is 9.90. The number of hydrogen-bond donors (Lipinski definition) is 0. The zero-order valence-electron chi connectivity index (χ0n) is 21.6. The highest BCUT2D eigenvalue weighted by molar-refractivity contribution is 9.10. The Hall–Kier alpha value is -3.21. The lowest BCUT2D eigenvalue weighted by molar-refractivity contribution is -0.143. The maximum atomic E-state index is 14.6. The van der Waals surface area contributed by atoms with Crippen LogP contribution >= 0.6 is 15.9 Å². The Bertz CT molecular complexity index is 1420. The molecule has 0 amide bonds. The van der Waals surface area contributed by atoms with E-state index < -0.39 is 40.9 Å². The number of alkyl halides is 3. The van der Waals surface area contributed by atoms with Crippen molar-refractivity contribution in [2.45, 2.75) is 64.7 Å². The largest absolute Gasteiger partial charge is 0.466 e. The molecule has 0 bridgehead atoms. The number of hydrogen-bond acceptors (Lipinski definition) is 4. The molecular formula is C28H29BrF4N2O4. The Balaban J connectivity index is 1.99. The molecule has 11 heteroatoms. The second kappa shape index (κ2) is 13.2. The molecule has 0 unspecified atom stereocenters. The summed E-state index contributed by atoms with van der Waals surface area (Å²) < 4.78 is 62.3. The molecule has 0 saturated carbocycles. The predicted molar refractivity (Wildman–Crippen MR) is 142 cm³/mol. The molecule has 0 fully saturated rings. The highest BCUT2D eigenvalue weighted by Gasteiger charge is 2.35. The third-order valence-corrected chi connectivity index (χ3v) is 7.43. The summed E-state index contributed by atoms with van der Waals surface area (Å²) in [6, 6.07) is 11.8. The molecule has 0 saturated heterocycles. The summed E-state index contributed by atoms with van der Waals surface area (Å²) in [5.74, 6) is -1.71. The van der Waals surface area contributed by atoms with Crippen molar-refractivity contribution in [3.05, 3.63) is 102 Å². The molecule has 3 rings (SSSR count). The average molecular weight is 613 g/mol. The Morgan fingerprint density at radius 1 is 1.03 bits per heavy atom. The summed E-state index contributed by atoms with van der Waals surface area (Å²) in [6.45, 7) is 2.67. The van der Waals surface area contributed by atoms with Gasteiger partial charge in [-0.15, -0.1) is 0 Å². The third kappa shape index (κ3) is 7.46.